The Balaban J connectivity index is 1.78. The summed E-state index contributed by atoms with van der Waals surface area (Å²) in [5, 5.41) is 5.07. The molecule has 1 atom stereocenters. The summed E-state index contributed by atoms with van der Waals surface area (Å²) >= 11 is 0. The van der Waals surface area contributed by atoms with E-state index in [1.807, 2.05) is 31.2 Å². The molecule has 4 rings (SSSR count). The van der Waals surface area contributed by atoms with Gasteiger partial charge in [-0.25, -0.2) is 4.68 Å². The van der Waals surface area contributed by atoms with Crippen LogP contribution in [0.3, 0.4) is 0 Å². The number of aromatic nitrogens is 2. The Morgan fingerprint density at radius 1 is 1.27 bits per heavy atom. The zero-order valence-electron chi connectivity index (χ0n) is 17.1. The van der Waals surface area contributed by atoms with Crippen LogP contribution >= 0.6 is 0 Å². The fourth-order valence-electron chi connectivity index (χ4n) is 3.66. The molecule has 0 radical (unpaired) electrons. The van der Waals surface area contributed by atoms with Crippen LogP contribution in [0.15, 0.2) is 42.5 Å². The van der Waals surface area contributed by atoms with Crippen molar-refractivity contribution in [3.05, 3.63) is 53.7 Å². The lowest BCUT2D eigenvalue weighted by molar-refractivity contribution is -0.131. The lowest BCUT2D eigenvalue weighted by Crippen LogP contribution is -2.28. The fraction of sp³-hybridized carbons (Fsp3) is 0.261. The van der Waals surface area contributed by atoms with Gasteiger partial charge in [-0.15, -0.1) is 0 Å². The van der Waals surface area contributed by atoms with Gasteiger partial charge >= 0.3 is 0 Å². The number of methoxy groups -OCH3 is 1. The fourth-order valence-corrected chi connectivity index (χ4v) is 3.66. The first-order valence-corrected chi connectivity index (χ1v) is 9.58. The van der Waals surface area contributed by atoms with Gasteiger partial charge in [-0.1, -0.05) is 17.9 Å². The number of fused-ring (bicyclic) bond motifs is 1. The van der Waals surface area contributed by atoms with Gasteiger partial charge in [0.25, 0.3) is 5.91 Å². The molecule has 1 fully saturated rings. The number of carbonyl (C=O) groups excluding carboxylic acids is 2. The molecule has 2 N–H and O–H groups in total. The van der Waals surface area contributed by atoms with Crippen LogP contribution in [0.5, 0.6) is 5.75 Å². The highest BCUT2D eigenvalue weighted by Crippen LogP contribution is 2.30. The molecule has 0 spiro atoms. The van der Waals surface area contributed by atoms with E-state index in [-0.39, 0.29) is 11.6 Å². The quantitative estimate of drug-likeness (QED) is 0.681. The molecule has 2 amide bonds. The largest absolute Gasteiger partial charge is 0.497 e. The number of hydrogen-bond donors (Lipinski definition) is 1. The number of benzene rings is 2. The normalized spacial score (nSPS) is 18.4. The van der Waals surface area contributed by atoms with Gasteiger partial charge in [0.2, 0.25) is 5.91 Å². The number of hydrogen-bond acceptors (Lipinski definition) is 4. The third kappa shape index (κ3) is 3.26. The summed E-state index contributed by atoms with van der Waals surface area (Å²) in [7, 11) is 3.37. The minimum Gasteiger partial charge on any atom is -0.497 e. The summed E-state index contributed by atoms with van der Waals surface area (Å²) in [5.74, 6) is 6.37. The SMILES string of the molecule is COc1ccc2c(C(N)=O)nn(-c3cccc(C#C[C@]4(C)CCN(C)C4=O)c3)c2c1. The van der Waals surface area contributed by atoms with Crippen LogP contribution in [0, 0.1) is 17.3 Å². The van der Waals surface area contributed by atoms with Gasteiger partial charge < -0.3 is 15.4 Å². The topological polar surface area (TPSA) is 90.5 Å². The first-order valence-electron chi connectivity index (χ1n) is 9.58. The monoisotopic (exact) mass is 402 g/mol. The highest BCUT2D eigenvalue weighted by Gasteiger charge is 2.39. The van der Waals surface area contributed by atoms with E-state index in [9.17, 15) is 9.59 Å². The standard InChI is InChI=1S/C23H22N4O3/c1-23(11-12-26(2)22(23)29)10-9-15-5-4-6-16(13-15)27-19-14-17(30-3)7-8-18(19)20(25-27)21(24)28/h4-8,13-14H,11-12H2,1-3H3,(H2,24,28)/t23-/m1/s1. The van der Waals surface area contributed by atoms with Gasteiger partial charge in [0.1, 0.15) is 11.2 Å². The smallest absolute Gasteiger partial charge is 0.269 e. The lowest BCUT2D eigenvalue weighted by Gasteiger charge is -2.14. The summed E-state index contributed by atoms with van der Waals surface area (Å²) in [6.45, 7) is 2.59. The minimum atomic E-state index is -0.671. The lowest BCUT2D eigenvalue weighted by atomic mass is 9.89. The Labute approximate surface area is 174 Å². The van der Waals surface area contributed by atoms with Gasteiger partial charge in [-0.05, 0) is 43.7 Å². The Morgan fingerprint density at radius 2 is 2.07 bits per heavy atom. The average molecular weight is 402 g/mol. The summed E-state index contributed by atoms with van der Waals surface area (Å²) in [5.41, 5.74) is 7.23. The maximum atomic E-state index is 12.4. The first kappa shape index (κ1) is 19.5. The van der Waals surface area contributed by atoms with Crippen molar-refractivity contribution < 1.29 is 14.3 Å². The van der Waals surface area contributed by atoms with Crippen LogP contribution in [0.1, 0.15) is 29.4 Å². The van der Waals surface area contributed by atoms with E-state index in [0.717, 1.165) is 11.3 Å². The van der Waals surface area contributed by atoms with Crippen molar-refractivity contribution in [2.45, 2.75) is 13.3 Å². The molecule has 1 aliphatic rings. The van der Waals surface area contributed by atoms with E-state index in [0.29, 0.717) is 29.6 Å². The van der Waals surface area contributed by atoms with E-state index in [4.69, 9.17) is 10.5 Å². The van der Waals surface area contributed by atoms with E-state index in [1.165, 1.54) is 0 Å². The Hall–Kier alpha value is -3.79. The molecule has 30 heavy (non-hydrogen) atoms. The highest BCUT2D eigenvalue weighted by atomic mass is 16.5. The predicted molar refractivity (Wildman–Crippen MR) is 113 cm³/mol. The number of likely N-dealkylation sites (tertiary alicyclic amines) is 1. The van der Waals surface area contributed by atoms with Crippen LogP contribution in [0.25, 0.3) is 16.6 Å². The van der Waals surface area contributed by atoms with Crippen LogP contribution in [0.2, 0.25) is 0 Å². The number of carbonyl (C=O) groups is 2. The molecule has 1 aliphatic heterocycles. The predicted octanol–water partition coefficient (Wildman–Crippen LogP) is 2.35. The van der Waals surface area contributed by atoms with Gasteiger partial charge in [0, 0.05) is 30.6 Å². The van der Waals surface area contributed by atoms with Crippen LogP contribution in [-0.2, 0) is 4.79 Å². The first-order chi connectivity index (χ1) is 14.3. The molecule has 1 aromatic heterocycles. The molecule has 7 nitrogen and oxygen atoms in total. The summed E-state index contributed by atoms with van der Waals surface area (Å²) in [4.78, 5) is 26.0. The van der Waals surface area contributed by atoms with Crippen molar-refractivity contribution in [3.8, 4) is 23.3 Å². The van der Waals surface area contributed by atoms with Crippen LogP contribution in [0.4, 0.5) is 0 Å². The molecule has 3 aromatic rings. The molecule has 2 aromatic carbocycles. The van der Waals surface area contributed by atoms with Gasteiger partial charge in [0.05, 0.1) is 18.3 Å². The van der Waals surface area contributed by atoms with Crippen molar-refractivity contribution in [1.82, 2.24) is 14.7 Å². The molecule has 1 saturated heterocycles. The van der Waals surface area contributed by atoms with Gasteiger partial charge in [-0.3, -0.25) is 9.59 Å². The molecular formula is C23H22N4O3. The van der Waals surface area contributed by atoms with E-state index < -0.39 is 11.3 Å². The van der Waals surface area contributed by atoms with Crippen molar-refractivity contribution in [3.63, 3.8) is 0 Å². The zero-order chi connectivity index (χ0) is 21.5. The highest BCUT2D eigenvalue weighted by molar-refractivity contribution is 6.04. The van der Waals surface area contributed by atoms with Crippen molar-refractivity contribution in [1.29, 1.82) is 0 Å². The van der Waals surface area contributed by atoms with Crippen LogP contribution < -0.4 is 10.5 Å². The molecule has 152 valence electrons. The number of amides is 2. The summed E-state index contributed by atoms with van der Waals surface area (Å²) in [6.07, 6.45) is 0.709. The molecule has 0 saturated carbocycles. The Morgan fingerprint density at radius 3 is 2.73 bits per heavy atom. The third-order valence-corrected chi connectivity index (χ3v) is 5.46. The van der Waals surface area contributed by atoms with E-state index >= 15 is 0 Å². The number of nitrogens with zero attached hydrogens (tertiary/aromatic N) is 3. The van der Waals surface area contributed by atoms with E-state index in [2.05, 4.69) is 16.9 Å². The number of primary amides is 1. The molecular weight excluding hydrogens is 380 g/mol. The molecule has 2 heterocycles. The third-order valence-electron chi connectivity index (χ3n) is 5.46. The Kier molecular flexibility index (Phi) is 4.70. The Bertz CT molecular complexity index is 1230. The molecule has 7 heteroatoms. The van der Waals surface area contributed by atoms with Crippen LogP contribution in [-0.4, -0.2) is 47.2 Å². The second-order valence-corrected chi connectivity index (χ2v) is 7.62. The van der Waals surface area contributed by atoms with Crippen molar-refractivity contribution in [2.75, 3.05) is 20.7 Å². The zero-order valence-corrected chi connectivity index (χ0v) is 17.1. The van der Waals surface area contributed by atoms with Crippen molar-refractivity contribution >= 4 is 22.7 Å². The number of nitrogens with two attached hydrogens (primary N) is 1. The molecule has 0 unspecified atom stereocenters. The average Bonchev–Trinajstić information content (AvgIpc) is 3.26. The number of rotatable bonds is 3. The van der Waals surface area contributed by atoms with E-state index in [1.54, 1.807) is 41.9 Å². The second-order valence-electron chi connectivity index (χ2n) is 7.62. The van der Waals surface area contributed by atoms with Gasteiger partial charge in [-0.2, -0.15) is 5.10 Å². The minimum absolute atomic E-state index is 0.0439. The van der Waals surface area contributed by atoms with Crippen molar-refractivity contribution in [2.24, 2.45) is 11.1 Å². The maximum Gasteiger partial charge on any atom is 0.269 e. The summed E-state index contributed by atoms with van der Waals surface area (Å²) in [6, 6.07) is 12.8. The summed E-state index contributed by atoms with van der Waals surface area (Å²) < 4.78 is 6.97. The number of ether oxygens (including phenoxy) is 1. The molecule has 0 aliphatic carbocycles. The molecule has 0 bridgehead atoms. The maximum absolute atomic E-state index is 12.4. The second kappa shape index (κ2) is 7.23. The van der Waals surface area contributed by atoms with Gasteiger partial charge in [0.15, 0.2) is 5.69 Å².